The van der Waals surface area contributed by atoms with Crippen LogP contribution in [0.5, 0.6) is 5.75 Å². The molecule has 0 saturated heterocycles. The van der Waals surface area contributed by atoms with Crippen LogP contribution in [0.25, 0.3) is 11.0 Å². The van der Waals surface area contributed by atoms with E-state index in [0.29, 0.717) is 5.58 Å². The highest BCUT2D eigenvalue weighted by Crippen LogP contribution is 2.20. The molecule has 0 atom stereocenters. The summed E-state index contributed by atoms with van der Waals surface area (Å²) in [5, 5.41) is 11.3. The Morgan fingerprint density at radius 2 is 2.00 bits per heavy atom. The first-order chi connectivity index (χ1) is 5.79. The molecule has 3 heteroatoms. The molecule has 0 bridgehead atoms. The van der Waals surface area contributed by atoms with Gasteiger partial charge in [-0.15, -0.1) is 0 Å². The monoisotopic (exact) mass is 161 g/mol. The summed E-state index contributed by atoms with van der Waals surface area (Å²) in [7, 11) is 0. The molecule has 1 heterocycles. The quantitative estimate of drug-likeness (QED) is 0.592. The van der Waals surface area contributed by atoms with Gasteiger partial charge in [0.1, 0.15) is 11.0 Å². The van der Waals surface area contributed by atoms with Crippen LogP contribution in [0, 0.1) is 0 Å². The number of rotatable bonds is 0. The van der Waals surface area contributed by atoms with Gasteiger partial charge in [-0.3, -0.25) is 9.90 Å². The Morgan fingerprint density at radius 3 is 2.75 bits per heavy atom. The minimum Gasteiger partial charge on any atom is -0.464 e. The maximum absolute atomic E-state index is 11.1. The minimum atomic E-state index is -0.290. The van der Waals surface area contributed by atoms with Crippen molar-refractivity contribution in [1.82, 2.24) is 0 Å². The van der Waals surface area contributed by atoms with Gasteiger partial charge < -0.3 is 4.42 Å². The van der Waals surface area contributed by atoms with Crippen molar-refractivity contribution in [1.29, 1.82) is 0 Å². The Morgan fingerprint density at radius 1 is 1.17 bits per heavy atom. The van der Waals surface area contributed by atoms with E-state index in [1.54, 1.807) is 12.1 Å². The molecule has 0 aliphatic rings. The summed E-state index contributed by atoms with van der Waals surface area (Å²) in [6.07, 6.45) is 1.28. The molecule has 1 aromatic heterocycles. The van der Waals surface area contributed by atoms with Gasteiger partial charge >= 0.3 is 0 Å². The molecule has 0 amide bonds. The third-order valence-corrected chi connectivity index (χ3v) is 1.65. The van der Waals surface area contributed by atoms with Gasteiger partial charge in [-0.25, -0.2) is 0 Å². The third-order valence-electron chi connectivity index (χ3n) is 1.65. The molecule has 1 aromatic carbocycles. The predicted molar refractivity (Wildman–Crippen MR) is 42.6 cm³/mol. The van der Waals surface area contributed by atoms with Crippen molar-refractivity contribution in [2.75, 3.05) is 0 Å². The van der Waals surface area contributed by atoms with E-state index in [9.17, 15) is 9.90 Å². The van der Waals surface area contributed by atoms with Crippen LogP contribution in [-0.4, -0.2) is 0 Å². The molecular weight excluding hydrogens is 156 g/mol. The van der Waals surface area contributed by atoms with E-state index >= 15 is 0 Å². The van der Waals surface area contributed by atoms with E-state index < -0.39 is 0 Å². The highest BCUT2D eigenvalue weighted by molar-refractivity contribution is 5.82. The summed E-state index contributed by atoms with van der Waals surface area (Å²) >= 11 is 0. The molecule has 2 rings (SSSR count). The average Bonchev–Trinajstić information content (AvgIpc) is 2.04. The largest absolute Gasteiger partial charge is 0.464 e. The molecule has 0 unspecified atom stereocenters. The lowest BCUT2D eigenvalue weighted by Gasteiger charge is -1.93. The van der Waals surface area contributed by atoms with Crippen molar-refractivity contribution < 1.29 is 9.52 Å². The van der Waals surface area contributed by atoms with Crippen molar-refractivity contribution in [3.05, 3.63) is 40.8 Å². The van der Waals surface area contributed by atoms with Gasteiger partial charge in [0, 0.05) is 6.07 Å². The molecule has 0 fully saturated rings. The topological polar surface area (TPSA) is 50.1 Å². The van der Waals surface area contributed by atoms with Crippen LogP contribution in [0.3, 0.4) is 0 Å². The Kier molecular flexibility index (Phi) is 1.37. The third kappa shape index (κ3) is 0.871. The Hall–Kier alpha value is -1.77. The van der Waals surface area contributed by atoms with Crippen LogP contribution in [0.1, 0.15) is 0 Å². The Bertz CT molecular complexity index is 465. The molecule has 1 radical (unpaired) electrons. The first-order valence-corrected chi connectivity index (χ1v) is 3.46. The van der Waals surface area contributed by atoms with Gasteiger partial charge in [-0.2, -0.15) is 0 Å². The molecule has 0 spiro atoms. The summed E-state index contributed by atoms with van der Waals surface area (Å²) in [6, 6.07) is 5.74. The second-order valence-electron chi connectivity index (χ2n) is 2.41. The average molecular weight is 161 g/mol. The fraction of sp³-hybridized carbons (Fsp3) is 0. The summed E-state index contributed by atoms with van der Waals surface area (Å²) in [5.74, 6) is -0.290. The second-order valence-corrected chi connectivity index (χ2v) is 2.41. The molecule has 0 aliphatic carbocycles. The van der Waals surface area contributed by atoms with Gasteiger partial charge in [0.05, 0.1) is 6.26 Å². The molecule has 2 aromatic rings. The fourth-order valence-corrected chi connectivity index (χ4v) is 1.10. The summed E-state index contributed by atoms with van der Waals surface area (Å²) < 4.78 is 4.97. The zero-order valence-electron chi connectivity index (χ0n) is 6.11. The smallest absolute Gasteiger partial charge is 0.196 e. The number of fused-ring (bicyclic) bond motifs is 1. The van der Waals surface area contributed by atoms with Crippen LogP contribution in [0.15, 0.2) is 39.7 Å². The zero-order chi connectivity index (χ0) is 8.55. The molecule has 12 heavy (non-hydrogen) atoms. The van der Waals surface area contributed by atoms with Gasteiger partial charge in [-0.05, 0) is 12.1 Å². The van der Waals surface area contributed by atoms with Gasteiger partial charge in [-0.1, -0.05) is 6.07 Å². The first kappa shape index (κ1) is 6.91. The SMILES string of the molecule is [O]c1cccc2occc(=O)c12. The molecular formula is C9H5O3. The molecule has 0 saturated carbocycles. The van der Waals surface area contributed by atoms with E-state index in [2.05, 4.69) is 0 Å². The lowest BCUT2D eigenvalue weighted by Crippen LogP contribution is -1.97. The van der Waals surface area contributed by atoms with Crippen LogP contribution in [-0.2, 0) is 5.11 Å². The zero-order valence-corrected chi connectivity index (χ0v) is 6.11. The molecule has 59 valence electrons. The van der Waals surface area contributed by atoms with E-state index in [1.807, 2.05) is 0 Å². The van der Waals surface area contributed by atoms with Crippen LogP contribution in [0.4, 0.5) is 0 Å². The molecule has 0 N–H and O–H groups in total. The molecule has 3 nitrogen and oxygen atoms in total. The van der Waals surface area contributed by atoms with Gasteiger partial charge in [0.15, 0.2) is 11.2 Å². The Labute approximate surface area is 67.9 Å². The van der Waals surface area contributed by atoms with E-state index in [4.69, 9.17) is 4.42 Å². The Balaban J connectivity index is 3.07. The summed E-state index contributed by atoms with van der Waals surface area (Å²) in [6.45, 7) is 0. The maximum atomic E-state index is 11.1. The van der Waals surface area contributed by atoms with Crippen molar-refractivity contribution in [3.63, 3.8) is 0 Å². The van der Waals surface area contributed by atoms with E-state index in [1.165, 1.54) is 18.4 Å². The standard InChI is InChI=1S/C9H5O3/c10-6-2-1-3-8-9(6)7(11)4-5-12-8/h1-5H. The maximum Gasteiger partial charge on any atom is 0.196 e. The van der Waals surface area contributed by atoms with Crippen molar-refractivity contribution in [2.45, 2.75) is 0 Å². The van der Waals surface area contributed by atoms with Crippen molar-refractivity contribution in [3.8, 4) is 5.75 Å². The predicted octanol–water partition coefficient (Wildman–Crippen LogP) is 1.94. The van der Waals surface area contributed by atoms with Crippen LogP contribution in [0.2, 0.25) is 0 Å². The first-order valence-electron chi connectivity index (χ1n) is 3.46. The van der Waals surface area contributed by atoms with E-state index in [0.717, 1.165) is 0 Å². The lowest BCUT2D eigenvalue weighted by atomic mass is 10.2. The fourth-order valence-electron chi connectivity index (χ4n) is 1.10. The van der Waals surface area contributed by atoms with Crippen molar-refractivity contribution >= 4 is 11.0 Å². The normalized spacial score (nSPS) is 10.3. The van der Waals surface area contributed by atoms with Crippen molar-refractivity contribution in [2.24, 2.45) is 0 Å². The van der Waals surface area contributed by atoms with Gasteiger partial charge in [0.2, 0.25) is 0 Å². The van der Waals surface area contributed by atoms with Gasteiger partial charge in [0.25, 0.3) is 0 Å². The van der Waals surface area contributed by atoms with Crippen LogP contribution < -0.4 is 5.43 Å². The number of hydrogen-bond acceptors (Lipinski definition) is 2. The molecule has 0 aliphatic heterocycles. The van der Waals surface area contributed by atoms with E-state index in [-0.39, 0.29) is 16.6 Å². The lowest BCUT2D eigenvalue weighted by molar-refractivity contribution is 0.359. The number of benzene rings is 1. The van der Waals surface area contributed by atoms with Crippen LogP contribution >= 0.6 is 0 Å². The highest BCUT2D eigenvalue weighted by Gasteiger charge is 2.04. The summed E-state index contributed by atoms with van der Waals surface area (Å²) in [5.41, 5.74) is 0.0526. The minimum absolute atomic E-state index is 0.125. The second kappa shape index (κ2) is 2.37. The highest BCUT2D eigenvalue weighted by atomic mass is 16.3. The summed E-state index contributed by atoms with van der Waals surface area (Å²) in [4.78, 5) is 11.1. The number of hydrogen-bond donors (Lipinski definition) is 0.